The van der Waals surface area contributed by atoms with Gasteiger partial charge in [0.1, 0.15) is 5.82 Å². The van der Waals surface area contributed by atoms with E-state index >= 15 is 0 Å². The van der Waals surface area contributed by atoms with Crippen LogP contribution < -0.4 is 0 Å². The molecule has 0 amide bonds. The van der Waals surface area contributed by atoms with Crippen molar-refractivity contribution in [2.75, 3.05) is 0 Å². The van der Waals surface area contributed by atoms with Crippen molar-refractivity contribution in [1.82, 2.24) is 0 Å². The predicted octanol–water partition coefficient (Wildman–Crippen LogP) is 2.60. The lowest BCUT2D eigenvalue weighted by Gasteiger charge is -2.22. The van der Waals surface area contributed by atoms with Crippen LogP contribution in [-0.4, -0.2) is 22.1 Å². The van der Waals surface area contributed by atoms with Crippen molar-refractivity contribution in [1.29, 1.82) is 0 Å². The average Bonchev–Trinajstić information content (AvgIpc) is 2.26. The number of rotatable bonds is 3. The van der Waals surface area contributed by atoms with Gasteiger partial charge in [0, 0.05) is 0 Å². The molecule has 1 atom stereocenters. The zero-order valence-electron chi connectivity index (χ0n) is 8.88. The van der Waals surface area contributed by atoms with Gasteiger partial charge in [-0.2, -0.15) is 22.0 Å². The zero-order chi connectivity index (χ0) is 15.0. The molecular formula is C10H6F6O3. The van der Waals surface area contributed by atoms with Gasteiger partial charge in [-0.1, -0.05) is 6.07 Å². The molecule has 0 aliphatic carbocycles. The third-order valence-corrected chi connectivity index (χ3v) is 2.24. The van der Waals surface area contributed by atoms with E-state index in [0.29, 0.717) is 6.07 Å². The van der Waals surface area contributed by atoms with E-state index in [9.17, 15) is 31.1 Å². The Hall–Kier alpha value is -1.77. The molecule has 2 N–H and O–H groups in total. The van der Waals surface area contributed by atoms with Crippen molar-refractivity contribution < 1.29 is 41.4 Å². The molecule has 1 aromatic carbocycles. The highest BCUT2D eigenvalue weighted by atomic mass is 19.4. The molecule has 1 rings (SSSR count). The number of alkyl halides is 5. The molecule has 9 heteroatoms. The first-order chi connectivity index (χ1) is 8.48. The highest BCUT2D eigenvalue weighted by molar-refractivity contribution is 5.76. The van der Waals surface area contributed by atoms with Crippen LogP contribution in [0.5, 0.6) is 0 Å². The third-order valence-electron chi connectivity index (χ3n) is 2.24. The molecule has 3 nitrogen and oxygen atoms in total. The molecule has 0 aromatic heterocycles. The van der Waals surface area contributed by atoms with Gasteiger partial charge in [-0.25, -0.2) is 9.18 Å². The minimum absolute atomic E-state index is 0.101. The Morgan fingerprint density at radius 3 is 2.11 bits per heavy atom. The van der Waals surface area contributed by atoms with E-state index in [1.54, 1.807) is 0 Å². The van der Waals surface area contributed by atoms with Crippen LogP contribution in [0.2, 0.25) is 0 Å². The Morgan fingerprint density at radius 2 is 1.68 bits per heavy atom. The van der Waals surface area contributed by atoms with Gasteiger partial charge in [-0.15, -0.1) is 0 Å². The molecule has 1 unspecified atom stereocenters. The largest absolute Gasteiger partial charge is 0.477 e. The number of aliphatic carboxylic acids is 1. The van der Waals surface area contributed by atoms with Crippen molar-refractivity contribution in [2.45, 2.75) is 18.2 Å². The van der Waals surface area contributed by atoms with Crippen LogP contribution in [0.3, 0.4) is 0 Å². The van der Waals surface area contributed by atoms with Gasteiger partial charge in [0.15, 0.2) is 6.10 Å². The average molecular weight is 288 g/mol. The third kappa shape index (κ3) is 2.98. The first-order valence-electron chi connectivity index (χ1n) is 4.64. The summed E-state index contributed by atoms with van der Waals surface area (Å²) in [5.74, 6) is -8.99. The topological polar surface area (TPSA) is 57.5 Å². The fourth-order valence-electron chi connectivity index (χ4n) is 1.32. The van der Waals surface area contributed by atoms with E-state index in [2.05, 4.69) is 0 Å². The molecule has 0 heterocycles. The van der Waals surface area contributed by atoms with E-state index in [1.165, 1.54) is 0 Å². The van der Waals surface area contributed by atoms with Gasteiger partial charge >= 0.3 is 18.1 Å². The summed E-state index contributed by atoms with van der Waals surface area (Å²) in [6.07, 6.45) is -8.46. The van der Waals surface area contributed by atoms with Gasteiger partial charge < -0.3 is 10.2 Å². The maximum Gasteiger partial charge on any atom is 0.416 e. The van der Waals surface area contributed by atoms with E-state index in [1.807, 2.05) is 0 Å². The number of aliphatic hydroxyl groups excluding tert-OH is 1. The van der Waals surface area contributed by atoms with E-state index in [-0.39, 0.29) is 12.1 Å². The first-order valence-corrected chi connectivity index (χ1v) is 4.64. The Morgan fingerprint density at radius 1 is 1.16 bits per heavy atom. The monoisotopic (exact) mass is 288 g/mol. The lowest BCUT2D eigenvalue weighted by molar-refractivity contribution is -0.184. The SMILES string of the molecule is O=C(O)C(F)(F)C(O)c1ccc(F)cc1C(F)(F)F. The number of benzene rings is 1. The molecule has 0 saturated carbocycles. The van der Waals surface area contributed by atoms with E-state index < -0.39 is 41.1 Å². The summed E-state index contributed by atoms with van der Waals surface area (Å²) < 4.78 is 76.2. The first kappa shape index (κ1) is 15.3. The second kappa shape index (κ2) is 4.72. The summed E-state index contributed by atoms with van der Waals surface area (Å²) in [6.45, 7) is 0. The molecule has 0 saturated heterocycles. The van der Waals surface area contributed by atoms with Crippen molar-refractivity contribution in [2.24, 2.45) is 0 Å². The van der Waals surface area contributed by atoms with Gasteiger partial charge in [0.2, 0.25) is 0 Å². The van der Waals surface area contributed by atoms with Crippen molar-refractivity contribution >= 4 is 5.97 Å². The van der Waals surface area contributed by atoms with Gasteiger partial charge in [0.05, 0.1) is 5.56 Å². The van der Waals surface area contributed by atoms with Crippen LogP contribution in [0.1, 0.15) is 17.2 Å². The van der Waals surface area contributed by atoms with Crippen molar-refractivity contribution in [3.8, 4) is 0 Å². The van der Waals surface area contributed by atoms with Gasteiger partial charge in [0.25, 0.3) is 0 Å². The molecule has 106 valence electrons. The molecule has 1 aromatic rings. The van der Waals surface area contributed by atoms with Gasteiger partial charge in [-0.3, -0.25) is 0 Å². The number of carbonyl (C=O) groups is 1. The Bertz CT molecular complexity index is 497. The number of carboxylic acids is 1. The molecule has 19 heavy (non-hydrogen) atoms. The lowest BCUT2D eigenvalue weighted by Crippen LogP contribution is -2.36. The van der Waals surface area contributed by atoms with Crippen LogP contribution in [0.4, 0.5) is 26.3 Å². The molecule has 0 fully saturated rings. The summed E-state index contributed by atoms with van der Waals surface area (Å²) >= 11 is 0. The molecule has 0 radical (unpaired) electrons. The summed E-state index contributed by atoms with van der Waals surface area (Å²) in [4.78, 5) is 10.2. The fourth-order valence-corrected chi connectivity index (χ4v) is 1.32. The van der Waals surface area contributed by atoms with Crippen LogP contribution in [0.25, 0.3) is 0 Å². The number of hydrogen-bond donors (Lipinski definition) is 2. The summed E-state index contributed by atoms with van der Waals surface area (Å²) in [5, 5.41) is 17.3. The minimum atomic E-state index is -5.22. The second-order valence-electron chi connectivity index (χ2n) is 3.56. The quantitative estimate of drug-likeness (QED) is 0.840. The second-order valence-corrected chi connectivity index (χ2v) is 3.56. The smallest absolute Gasteiger partial charge is 0.416 e. The molecular weight excluding hydrogens is 282 g/mol. The van der Waals surface area contributed by atoms with E-state index in [4.69, 9.17) is 10.2 Å². The minimum Gasteiger partial charge on any atom is -0.477 e. The fraction of sp³-hybridized carbons (Fsp3) is 0.300. The highest BCUT2D eigenvalue weighted by Gasteiger charge is 2.50. The summed E-state index contributed by atoms with van der Waals surface area (Å²) in [6, 6.07) is 0.571. The summed E-state index contributed by atoms with van der Waals surface area (Å²) in [5.41, 5.74) is -3.28. The molecule has 0 aliphatic rings. The predicted molar refractivity (Wildman–Crippen MR) is 48.9 cm³/mol. The number of carboxylic acid groups (broad SMARTS) is 1. The van der Waals surface area contributed by atoms with Gasteiger partial charge in [-0.05, 0) is 17.7 Å². The maximum absolute atomic E-state index is 13.0. The molecule has 0 spiro atoms. The molecule has 0 aliphatic heterocycles. The van der Waals surface area contributed by atoms with Crippen LogP contribution in [0.15, 0.2) is 18.2 Å². The van der Waals surface area contributed by atoms with Crippen molar-refractivity contribution in [3.63, 3.8) is 0 Å². The normalized spacial score (nSPS) is 14.3. The van der Waals surface area contributed by atoms with Crippen LogP contribution >= 0.6 is 0 Å². The molecule has 0 bridgehead atoms. The van der Waals surface area contributed by atoms with Crippen LogP contribution in [0, 0.1) is 5.82 Å². The maximum atomic E-state index is 13.0. The number of hydrogen-bond acceptors (Lipinski definition) is 2. The highest BCUT2D eigenvalue weighted by Crippen LogP contribution is 2.40. The Kier molecular flexibility index (Phi) is 3.80. The van der Waals surface area contributed by atoms with E-state index in [0.717, 1.165) is 0 Å². The number of halogens is 6. The van der Waals surface area contributed by atoms with Crippen molar-refractivity contribution in [3.05, 3.63) is 35.1 Å². The lowest BCUT2D eigenvalue weighted by atomic mass is 9.97. The zero-order valence-corrected chi connectivity index (χ0v) is 8.88. The summed E-state index contributed by atoms with van der Waals surface area (Å²) in [7, 11) is 0. The Labute approximate surface area is 102 Å². The van der Waals surface area contributed by atoms with Crippen LogP contribution in [-0.2, 0) is 11.0 Å². The standard InChI is InChI=1S/C10H6F6O3/c11-4-1-2-5(6(3-4)10(14,15)16)7(17)9(12,13)8(18)19/h1-3,7,17H,(H,18,19). The number of aliphatic hydroxyl groups is 1. The Balaban J connectivity index is 3.40.